The fourth-order valence-corrected chi connectivity index (χ4v) is 4.65. The predicted molar refractivity (Wildman–Crippen MR) is 122 cm³/mol. The number of hydrogen-bond acceptors (Lipinski definition) is 5. The number of primary amides is 1. The van der Waals surface area contributed by atoms with Crippen LogP contribution in [0.4, 0.5) is 24.7 Å². The van der Waals surface area contributed by atoms with Crippen LogP contribution in [0.3, 0.4) is 0 Å². The summed E-state index contributed by atoms with van der Waals surface area (Å²) in [5.41, 5.74) is 6.25. The Labute approximate surface area is 204 Å². The van der Waals surface area contributed by atoms with Crippen LogP contribution in [0.15, 0.2) is 30.5 Å². The molecule has 186 valence electrons. The first-order valence-electron chi connectivity index (χ1n) is 11.2. The average molecular weight is 509 g/mol. The standard InChI is InChI=1S/C23H24ClF3N6O2/c24-15-4-6-16(7-5-15)30-21-17(20(29)34)11-33(32-21)18-8-3-13(9-14(18)10-28)22(35)31-19(12-1-2-12)23(25,26)27/h4-7,11-14,18-19H,1-3,8-9H2,(H2,29,34)(H,30,32)(H,31,35)/t13-,14?,18-,19-/m1/s1. The van der Waals surface area contributed by atoms with Crippen molar-refractivity contribution in [3.63, 3.8) is 0 Å². The van der Waals surface area contributed by atoms with Crippen molar-refractivity contribution >= 4 is 34.9 Å². The molecule has 2 aromatic rings. The van der Waals surface area contributed by atoms with E-state index in [0.29, 0.717) is 30.0 Å². The molecule has 0 radical (unpaired) electrons. The minimum Gasteiger partial charge on any atom is -0.365 e. The summed E-state index contributed by atoms with van der Waals surface area (Å²) in [6, 6.07) is 6.56. The zero-order valence-corrected chi connectivity index (χ0v) is 19.3. The van der Waals surface area contributed by atoms with Crippen molar-refractivity contribution in [3.8, 4) is 6.07 Å². The van der Waals surface area contributed by atoms with Gasteiger partial charge in [0, 0.05) is 22.8 Å². The number of nitriles is 1. The summed E-state index contributed by atoms with van der Waals surface area (Å²) in [6.45, 7) is 0. The predicted octanol–water partition coefficient (Wildman–Crippen LogP) is 4.32. The fraction of sp³-hybridized carbons (Fsp3) is 0.478. The van der Waals surface area contributed by atoms with E-state index in [-0.39, 0.29) is 24.2 Å². The van der Waals surface area contributed by atoms with E-state index in [1.807, 2.05) is 0 Å². The summed E-state index contributed by atoms with van der Waals surface area (Å²) in [4.78, 5) is 24.6. The Kier molecular flexibility index (Phi) is 6.94. The number of carbonyl (C=O) groups excluding carboxylic acids is 2. The molecule has 4 atom stereocenters. The van der Waals surface area contributed by atoms with E-state index in [4.69, 9.17) is 17.3 Å². The van der Waals surface area contributed by atoms with Gasteiger partial charge >= 0.3 is 6.18 Å². The lowest BCUT2D eigenvalue weighted by Crippen LogP contribution is -2.49. The van der Waals surface area contributed by atoms with Crippen LogP contribution in [0.5, 0.6) is 0 Å². The molecule has 0 aliphatic heterocycles. The number of nitrogens with zero attached hydrogens (tertiary/aromatic N) is 3. The molecule has 1 unspecified atom stereocenters. The van der Waals surface area contributed by atoms with E-state index < -0.39 is 47.8 Å². The molecule has 4 N–H and O–H groups in total. The van der Waals surface area contributed by atoms with Gasteiger partial charge < -0.3 is 16.4 Å². The van der Waals surface area contributed by atoms with Crippen molar-refractivity contribution in [1.29, 1.82) is 5.26 Å². The van der Waals surface area contributed by atoms with Crippen LogP contribution in [0, 0.1) is 29.1 Å². The average Bonchev–Trinajstić information content (AvgIpc) is 3.56. The van der Waals surface area contributed by atoms with Gasteiger partial charge in [-0.25, -0.2) is 0 Å². The number of hydrogen-bond donors (Lipinski definition) is 3. The van der Waals surface area contributed by atoms with Gasteiger partial charge in [0.05, 0.1) is 18.0 Å². The molecule has 1 aromatic carbocycles. The van der Waals surface area contributed by atoms with Crippen LogP contribution < -0.4 is 16.4 Å². The van der Waals surface area contributed by atoms with Crippen LogP contribution in [0.2, 0.25) is 5.02 Å². The number of halogens is 4. The fourth-order valence-electron chi connectivity index (χ4n) is 4.52. The minimum atomic E-state index is -4.50. The van der Waals surface area contributed by atoms with Crippen LogP contribution in [0.25, 0.3) is 0 Å². The molecule has 12 heteroatoms. The second kappa shape index (κ2) is 9.77. The molecule has 2 saturated carbocycles. The maximum atomic E-state index is 13.3. The Bertz CT molecular complexity index is 1140. The van der Waals surface area contributed by atoms with Gasteiger partial charge in [0.15, 0.2) is 5.82 Å². The zero-order valence-electron chi connectivity index (χ0n) is 18.6. The van der Waals surface area contributed by atoms with E-state index in [0.717, 1.165) is 0 Å². The Morgan fingerprint density at radius 1 is 1.20 bits per heavy atom. The van der Waals surface area contributed by atoms with Gasteiger partial charge in [-0.3, -0.25) is 14.3 Å². The summed E-state index contributed by atoms with van der Waals surface area (Å²) < 4.78 is 41.4. The number of rotatable bonds is 7. The number of nitrogens with one attached hydrogen (secondary N) is 2. The third-order valence-corrected chi connectivity index (χ3v) is 6.79. The summed E-state index contributed by atoms with van der Waals surface area (Å²) in [5.74, 6) is -3.17. The highest BCUT2D eigenvalue weighted by Crippen LogP contribution is 2.42. The number of nitrogens with two attached hydrogens (primary N) is 1. The van der Waals surface area contributed by atoms with E-state index in [1.54, 1.807) is 24.3 Å². The van der Waals surface area contributed by atoms with Crippen molar-refractivity contribution in [1.82, 2.24) is 15.1 Å². The van der Waals surface area contributed by atoms with E-state index in [9.17, 15) is 28.0 Å². The highest BCUT2D eigenvalue weighted by atomic mass is 35.5. The molecule has 8 nitrogen and oxygen atoms in total. The van der Waals surface area contributed by atoms with E-state index in [1.165, 1.54) is 10.9 Å². The molecule has 1 heterocycles. The molecule has 2 aliphatic carbocycles. The lowest BCUT2D eigenvalue weighted by molar-refractivity contribution is -0.167. The van der Waals surface area contributed by atoms with Crippen molar-refractivity contribution in [3.05, 3.63) is 41.0 Å². The molecular formula is C23H24ClF3N6O2. The SMILES string of the molecule is N#CC1C[C@H](C(=O)N[C@H](C2CC2)C(F)(F)F)CC[C@H]1n1cc(C(N)=O)c(Nc2ccc(Cl)cc2)n1. The maximum absolute atomic E-state index is 13.3. The third-order valence-electron chi connectivity index (χ3n) is 6.54. The number of benzene rings is 1. The molecule has 0 saturated heterocycles. The van der Waals surface area contributed by atoms with E-state index >= 15 is 0 Å². The topological polar surface area (TPSA) is 126 Å². The molecule has 0 bridgehead atoms. The maximum Gasteiger partial charge on any atom is 0.408 e. The molecule has 1 aromatic heterocycles. The first-order chi connectivity index (χ1) is 16.6. The highest BCUT2D eigenvalue weighted by molar-refractivity contribution is 6.30. The van der Waals surface area contributed by atoms with Gasteiger partial charge in [0.25, 0.3) is 5.91 Å². The monoisotopic (exact) mass is 508 g/mol. The lowest BCUT2D eigenvalue weighted by atomic mass is 9.78. The van der Waals surface area contributed by atoms with Gasteiger partial charge in [0.1, 0.15) is 11.6 Å². The molecular weight excluding hydrogens is 485 g/mol. The van der Waals surface area contributed by atoms with Crippen molar-refractivity contribution in [2.45, 2.75) is 50.4 Å². The van der Waals surface area contributed by atoms with Gasteiger partial charge in [-0.1, -0.05) is 11.6 Å². The number of aromatic nitrogens is 2. The van der Waals surface area contributed by atoms with E-state index in [2.05, 4.69) is 21.8 Å². The molecule has 35 heavy (non-hydrogen) atoms. The Balaban J connectivity index is 1.48. The number of anilines is 2. The highest BCUT2D eigenvalue weighted by Gasteiger charge is 2.50. The molecule has 4 rings (SSSR count). The lowest BCUT2D eigenvalue weighted by Gasteiger charge is -2.33. The van der Waals surface area contributed by atoms with Crippen molar-refractivity contribution < 1.29 is 22.8 Å². The normalized spacial score (nSPS) is 23.2. The van der Waals surface area contributed by atoms with Crippen LogP contribution in [-0.4, -0.2) is 33.8 Å². The van der Waals surface area contributed by atoms with Crippen LogP contribution >= 0.6 is 11.6 Å². The number of carbonyl (C=O) groups is 2. The third kappa shape index (κ3) is 5.70. The minimum absolute atomic E-state index is 0.0912. The second-order valence-corrected chi connectivity index (χ2v) is 9.48. The first-order valence-corrected chi connectivity index (χ1v) is 11.6. The Morgan fingerprint density at radius 3 is 2.46 bits per heavy atom. The summed E-state index contributed by atoms with van der Waals surface area (Å²) >= 11 is 5.90. The first kappa shape index (κ1) is 24.9. The Hall–Kier alpha value is -3.26. The summed E-state index contributed by atoms with van der Waals surface area (Å²) in [5, 5.41) is 19.9. The number of amides is 2. The van der Waals surface area contributed by atoms with Gasteiger partial charge in [-0.15, -0.1) is 0 Å². The Morgan fingerprint density at radius 2 is 1.89 bits per heavy atom. The zero-order chi connectivity index (χ0) is 25.3. The molecule has 0 spiro atoms. The van der Waals surface area contributed by atoms with Crippen LogP contribution in [0.1, 0.15) is 48.5 Å². The van der Waals surface area contributed by atoms with Gasteiger partial charge in [0.2, 0.25) is 5.91 Å². The quantitative estimate of drug-likeness (QED) is 0.513. The van der Waals surface area contributed by atoms with Gasteiger partial charge in [-0.2, -0.15) is 23.5 Å². The largest absolute Gasteiger partial charge is 0.408 e. The summed E-state index contributed by atoms with van der Waals surface area (Å²) in [6.07, 6.45) is -1.47. The molecule has 2 amide bonds. The number of alkyl halides is 3. The molecule has 2 fully saturated rings. The smallest absolute Gasteiger partial charge is 0.365 e. The summed E-state index contributed by atoms with van der Waals surface area (Å²) in [7, 11) is 0. The van der Waals surface area contributed by atoms with Crippen molar-refractivity contribution in [2.24, 2.45) is 23.5 Å². The second-order valence-electron chi connectivity index (χ2n) is 9.05. The molecule has 2 aliphatic rings. The van der Waals surface area contributed by atoms with Crippen LogP contribution in [-0.2, 0) is 4.79 Å². The van der Waals surface area contributed by atoms with Gasteiger partial charge in [-0.05, 0) is 62.3 Å². The van der Waals surface area contributed by atoms with Crippen molar-refractivity contribution in [2.75, 3.05) is 5.32 Å².